The Morgan fingerprint density at radius 1 is 1.46 bits per heavy atom. The summed E-state index contributed by atoms with van der Waals surface area (Å²) in [5, 5.41) is 7.83. The number of aromatic nitrogens is 1. The molecule has 2 aromatic rings. The number of hydrogen-bond donors (Lipinski definition) is 3. The molecule has 3 N–H and O–H groups in total. The minimum atomic E-state index is -4.04. The highest BCUT2D eigenvalue weighted by Crippen LogP contribution is 2.36. The third-order valence-electron chi connectivity index (χ3n) is 4.21. The maximum absolute atomic E-state index is 14.7. The number of hydrogen-bond acceptors (Lipinski definition) is 6. The molecule has 1 aromatic heterocycles. The number of benzene rings is 1. The van der Waals surface area contributed by atoms with Crippen LogP contribution in [0.2, 0.25) is 0 Å². The summed E-state index contributed by atoms with van der Waals surface area (Å²) in [5.74, 6) is -0.393. The Labute approximate surface area is 144 Å². The van der Waals surface area contributed by atoms with Crippen LogP contribution < -0.4 is 15.4 Å². The largest absolute Gasteiger partial charge is 0.388 e. The minimum Gasteiger partial charge on any atom is -0.388 e. The van der Waals surface area contributed by atoms with Crippen molar-refractivity contribution in [1.29, 1.82) is 0 Å². The van der Waals surface area contributed by atoms with Crippen molar-refractivity contribution in [1.82, 2.24) is 10.3 Å². The van der Waals surface area contributed by atoms with E-state index in [1.54, 1.807) is 19.4 Å². The standard InChI is InChI=1S/C15H19FN4O2S2/c1-9-14(16)12(24(21,22)20-13-7-23-8-19-13)5-11(15(9)17-2)10-3-4-18-6-10/h5,7-8,10,17-18,20H,3-4,6H2,1-2H3. The van der Waals surface area contributed by atoms with Gasteiger partial charge in [-0.15, -0.1) is 11.3 Å². The molecule has 9 heteroatoms. The second-order valence-corrected chi connectivity index (χ2v) is 8.07. The van der Waals surface area contributed by atoms with Gasteiger partial charge in [0.2, 0.25) is 0 Å². The first-order chi connectivity index (χ1) is 11.4. The van der Waals surface area contributed by atoms with Crippen LogP contribution in [0.4, 0.5) is 15.9 Å². The van der Waals surface area contributed by atoms with Gasteiger partial charge in [0.1, 0.15) is 10.7 Å². The van der Waals surface area contributed by atoms with Gasteiger partial charge in [0.15, 0.2) is 5.82 Å². The molecule has 1 aliphatic rings. The third kappa shape index (κ3) is 3.11. The molecule has 1 saturated heterocycles. The van der Waals surface area contributed by atoms with Crippen LogP contribution in [0.25, 0.3) is 0 Å². The first kappa shape index (κ1) is 17.1. The zero-order chi connectivity index (χ0) is 17.3. The van der Waals surface area contributed by atoms with Gasteiger partial charge in [-0.05, 0) is 37.4 Å². The average molecular weight is 370 g/mol. The van der Waals surface area contributed by atoms with E-state index in [-0.39, 0.29) is 16.6 Å². The van der Waals surface area contributed by atoms with Crippen molar-refractivity contribution in [3.8, 4) is 0 Å². The van der Waals surface area contributed by atoms with Crippen molar-refractivity contribution in [3.05, 3.63) is 33.9 Å². The third-order valence-corrected chi connectivity index (χ3v) is 6.15. The van der Waals surface area contributed by atoms with Gasteiger partial charge in [-0.1, -0.05) is 0 Å². The predicted octanol–water partition coefficient (Wildman–Crippen LogP) is 2.51. The highest BCUT2D eigenvalue weighted by atomic mass is 32.2. The molecule has 0 radical (unpaired) electrons. The fourth-order valence-corrected chi connectivity index (χ4v) is 4.74. The number of halogens is 1. The highest BCUT2D eigenvalue weighted by molar-refractivity contribution is 7.92. The van der Waals surface area contributed by atoms with Gasteiger partial charge < -0.3 is 10.6 Å². The van der Waals surface area contributed by atoms with E-state index in [4.69, 9.17) is 0 Å². The van der Waals surface area contributed by atoms with Crippen molar-refractivity contribution in [3.63, 3.8) is 0 Å². The predicted molar refractivity (Wildman–Crippen MR) is 93.8 cm³/mol. The Bertz CT molecular complexity index is 832. The van der Waals surface area contributed by atoms with Crippen LogP contribution in [0.3, 0.4) is 0 Å². The fourth-order valence-electron chi connectivity index (χ4n) is 3.01. The Kier molecular flexibility index (Phi) is 4.75. The molecule has 130 valence electrons. The molecular weight excluding hydrogens is 351 g/mol. The monoisotopic (exact) mass is 370 g/mol. The summed E-state index contributed by atoms with van der Waals surface area (Å²) in [5.41, 5.74) is 3.30. The molecule has 24 heavy (non-hydrogen) atoms. The van der Waals surface area contributed by atoms with E-state index in [9.17, 15) is 12.8 Å². The normalized spacial score (nSPS) is 17.9. The molecule has 0 spiro atoms. The Morgan fingerprint density at radius 3 is 2.83 bits per heavy atom. The Morgan fingerprint density at radius 2 is 2.25 bits per heavy atom. The fraction of sp³-hybridized carbons (Fsp3) is 0.400. The molecule has 0 bridgehead atoms. The molecule has 1 aromatic carbocycles. The summed E-state index contributed by atoms with van der Waals surface area (Å²) in [6.07, 6.45) is 0.888. The van der Waals surface area contributed by atoms with Gasteiger partial charge in [0, 0.05) is 30.2 Å². The molecular formula is C15H19FN4O2S2. The summed E-state index contributed by atoms with van der Waals surface area (Å²) in [6, 6.07) is 1.44. The van der Waals surface area contributed by atoms with Crippen LogP contribution in [0.1, 0.15) is 23.5 Å². The molecule has 1 aliphatic heterocycles. The maximum atomic E-state index is 14.7. The van der Waals surface area contributed by atoms with Crippen molar-refractivity contribution in [2.24, 2.45) is 0 Å². The van der Waals surface area contributed by atoms with Crippen molar-refractivity contribution in [2.75, 3.05) is 30.2 Å². The molecule has 2 heterocycles. The summed E-state index contributed by atoms with van der Waals surface area (Å²) in [7, 11) is -2.32. The van der Waals surface area contributed by atoms with Crippen LogP contribution in [0.5, 0.6) is 0 Å². The topological polar surface area (TPSA) is 83.1 Å². The van der Waals surface area contributed by atoms with Gasteiger partial charge >= 0.3 is 0 Å². The second kappa shape index (κ2) is 6.66. The smallest absolute Gasteiger partial charge is 0.266 e. The van der Waals surface area contributed by atoms with Crippen LogP contribution in [-0.4, -0.2) is 33.5 Å². The van der Waals surface area contributed by atoms with E-state index in [1.165, 1.54) is 22.9 Å². The number of thiazole rings is 1. The van der Waals surface area contributed by atoms with E-state index in [0.29, 0.717) is 11.3 Å². The van der Waals surface area contributed by atoms with Crippen molar-refractivity contribution in [2.45, 2.75) is 24.2 Å². The molecule has 1 atom stereocenters. The van der Waals surface area contributed by atoms with Crippen LogP contribution in [-0.2, 0) is 10.0 Å². The Balaban J connectivity index is 2.10. The zero-order valence-corrected chi connectivity index (χ0v) is 15.0. The van der Waals surface area contributed by atoms with Gasteiger partial charge in [0.25, 0.3) is 10.0 Å². The first-order valence-electron chi connectivity index (χ1n) is 7.56. The molecule has 0 aliphatic carbocycles. The van der Waals surface area contributed by atoms with E-state index in [2.05, 4.69) is 20.3 Å². The summed E-state index contributed by atoms with van der Waals surface area (Å²) in [4.78, 5) is 3.56. The van der Waals surface area contributed by atoms with E-state index < -0.39 is 15.8 Å². The van der Waals surface area contributed by atoms with Crippen LogP contribution in [0.15, 0.2) is 21.9 Å². The van der Waals surface area contributed by atoms with Crippen molar-refractivity contribution >= 4 is 32.9 Å². The van der Waals surface area contributed by atoms with Gasteiger partial charge in [-0.3, -0.25) is 4.72 Å². The Hall–Kier alpha value is -1.71. The number of anilines is 2. The van der Waals surface area contributed by atoms with E-state index >= 15 is 0 Å². The lowest BCUT2D eigenvalue weighted by Crippen LogP contribution is -2.18. The van der Waals surface area contributed by atoms with Gasteiger partial charge in [-0.2, -0.15) is 0 Å². The summed E-state index contributed by atoms with van der Waals surface area (Å²) >= 11 is 1.26. The number of rotatable bonds is 5. The quantitative estimate of drug-likeness (QED) is 0.753. The van der Waals surface area contributed by atoms with Crippen LogP contribution in [0, 0.1) is 12.7 Å². The number of sulfonamides is 1. The van der Waals surface area contributed by atoms with E-state index in [1.807, 2.05) is 0 Å². The minimum absolute atomic E-state index is 0.153. The SMILES string of the molecule is CNc1c(C2CCNC2)cc(S(=O)(=O)Nc2cscn2)c(F)c1C. The highest BCUT2D eigenvalue weighted by Gasteiger charge is 2.28. The van der Waals surface area contributed by atoms with Crippen LogP contribution >= 0.6 is 11.3 Å². The summed E-state index contributed by atoms with van der Waals surface area (Å²) in [6.45, 7) is 3.21. The average Bonchev–Trinajstić information content (AvgIpc) is 3.22. The molecule has 0 saturated carbocycles. The second-order valence-electron chi connectivity index (χ2n) is 5.70. The molecule has 1 unspecified atom stereocenters. The lowest BCUT2D eigenvalue weighted by Gasteiger charge is -2.20. The maximum Gasteiger partial charge on any atom is 0.266 e. The lowest BCUT2D eigenvalue weighted by molar-refractivity contribution is 0.563. The first-order valence-corrected chi connectivity index (χ1v) is 9.99. The van der Waals surface area contributed by atoms with Gasteiger partial charge in [0.05, 0.1) is 5.51 Å². The van der Waals surface area contributed by atoms with Crippen molar-refractivity contribution < 1.29 is 12.8 Å². The molecule has 6 nitrogen and oxygen atoms in total. The molecule has 0 amide bonds. The summed E-state index contributed by atoms with van der Waals surface area (Å²) < 4.78 is 42.3. The molecule has 1 fully saturated rings. The van der Waals surface area contributed by atoms with E-state index in [0.717, 1.165) is 25.1 Å². The molecule has 3 rings (SSSR count). The number of nitrogens with zero attached hydrogens (tertiary/aromatic N) is 1. The lowest BCUT2D eigenvalue weighted by atomic mass is 9.94. The zero-order valence-electron chi connectivity index (χ0n) is 13.4. The van der Waals surface area contributed by atoms with Gasteiger partial charge in [-0.25, -0.2) is 17.8 Å². The number of nitrogens with one attached hydrogen (secondary N) is 3.